The molecule has 4 aromatic rings. The van der Waals surface area contributed by atoms with Crippen LogP contribution >= 0.6 is 50.9 Å². The molecular weight excluding hydrogens is 561 g/mol. The lowest BCUT2D eigenvalue weighted by Crippen LogP contribution is -2.21. The number of amides is 1. The molecule has 10 heteroatoms. The molecule has 2 aromatic carbocycles. The predicted octanol–water partition coefficient (Wildman–Crippen LogP) is 6.71. The molecule has 0 aliphatic rings. The Morgan fingerprint density at radius 2 is 1.76 bits per heavy atom. The number of pyridine rings is 1. The minimum absolute atomic E-state index is 0.0943. The van der Waals surface area contributed by atoms with Gasteiger partial charge in [0.2, 0.25) is 0 Å². The lowest BCUT2D eigenvalue weighted by atomic mass is 10.1. The Kier molecular flexibility index (Phi) is 7.23. The molecule has 1 amide bonds. The molecule has 0 unspecified atom stereocenters. The number of halogens is 3. The Labute approximate surface area is 218 Å². The molecule has 0 spiro atoms. The molecule has 4 rings (SSSR count). The summed E-state index contributed by atoms with van der Waals surface area (Å²) in [7, 11) is 3.39. The fourth-order valence-electron chi connectivity index (χ4n) is 3.45. The fourth-order valence-corrected chi connectivity index (χ4v) is 5.30. The monoisotopic (exact) mass is 577 g/mol. The zero-order valence-corrected chi connectivity index (χ0v) is 22.0. The van der Waals surface area contributed by atoms with Gasteiger partial charge >= 0.3 is 5.97 Å². The van der Waals surface area contributed by atoms with Crippen LogP contribution in [0.5, 0.6) is 0 Å². The summed E-state index contributed by atoms with van der Waals surface area (Å²) in [5, 5.41) is 12.1. The Bertz CT molecular complexity index is 1420. The van der Waals surface area contributed by atoms with E-state index in [0.717, 1.165) is 16.0 Å². The number of hydrogen-bond donors (Lipinski definition) is 1. The van der Waals surface area contributed by atoms with Gasteiger partial charge in [-0.3, -0.25) is 4.79 Å². The van der Waals surface area contributed by atoms with Crippen molar-refractivity contribution in [2.75, 3.05) is 14.1 Å². The second-order valence-corrected chi connectivity index (χ2v) is 10.3. The third-order valence-corrected chi connectivity index (χ3v) is 7.36. The highest BCUT2D eigenvalue weighted by Gasteiger charge is 2.19. The van der Waals surface area contributed by atoms with E-state index >= 15 is 0 Å². The Hall–Kier alpha value is -2.52. The molecule has 174 valence electrons. The summed E-state index contributed by atoms with van der Waals surface area (Å²) in [6.45, 7) is 0.314. The van der Waals surface area contributed by atoms with Crippen molar-refractivity contribution in [3.8, 4) is 0 Å². The molecule has 0 saturated carbocycles. The van der Waals surface area contributed by atoms with Crippen molar-refractivity contribution in [2.45, 2.75) is 16.5 Å². The molecule has 2 heterocycles. The van der Waals surface area contributed by atoms with E-state index in [1.165, 1.54) is 16.7 Å². The molecule has 0 atom stereocenters. The van der Waals surface area contributed by atoms with Crippen molar-refractivity contribution < 1.29 is 14.7 Å². The highest BCUT2D eigenvalue weighted by atomic mass is 79.9. The van der Waals surface area contributed by atoms with Crippen LogP contribution < -0.4 is 0 Å². The average molecular weight is 579 g/mol. The van der Waals surface area contributed by atoms with Gasteiger partial charge in [0.05, 0.1) is 15.6 Å². The van der Waals surface area contributed by atoms with Gasteiger partial charge in [-0.05, 0) is 64.0 Å². The lowest BCUT2D eigenvalue weighted by Gasteiger charge is -2.12. The quantitative estimate of drug-likeness (QED) is 0.257. The molecule has 0 aliphatic carbocycles. The molecule has 6 nitrogen and oxygen atoms in total. The van der Waals surface area contributed by atoms with Gasteiger partial charge in [0, 0.05) is 36.5 Å². The molecule has 0 bridgehead atoms. The number of carbonyl (C=O) groups excluding carboxylic acids is 1. The normalized spacial score (nSPS) is 11.1. The highest BCUT2D eigenvalue weighted by Crippen LogP contribution is 2.36. The molecule has 0 fully saturated rings. The van der Waals surface area contributed by atoms with Crippen LogP contribution in [0.4, 0.5) is 0 Å². The first-order valence-electron chi connectivity index (χ1n) is 10.0. The van der Waals surface area contributed by atoms with Crippen molar-refractivity contribution >= 4 is 73.7 Å². The van der Waals surface area contributed by atoms with Crippen LogP contribution in [0.25, 0.3) is 10.9 Å². The average Bonchev–Trinajstić information content (AvgIpc) is 3.15. The summed E-state index contributed by atoms with van der Waals surface area (Å²) in [4.78, 5) is 31.1. The van der Waals surface area contributed by atoms with Crippen molar-refractivity contribution in [2.24, 2.45) is 0 Å². The Balaban J connectivity index is 1.74. The topological polar surface area (TPSA) is 75.4 Å². The number of hydrogen-bond acceptors (Lipinski definition) is 4. The van der Waals surface area contributed by atoms with E-state index in [1.54, 1.807) is 49.0 Å². The molecular formula is C24H18BrCl2N3O3S. The summed E-state index contributed by atoms with van der Waals surface area (Å²) in [5.41, 5.74) is 2.29. The maximum absolute atomic E-state index is 12.2. The largest absolute Gasteiger partial charge is 0.477 e. The van der Waals surface area contributed by atoms with E-state index in [1.807, 2.05) is 24.3 Å². The van der Waals surface area contributed by atoms with Gasteiger partial charge in [0.25, 0.3) is 5.91 Å². The van der Waals surface area contributed by atoms with Gasteiger partial charge in [-0.1, -0.05) is 47.1 Å². The van der Waals surface area contributed by atoms with Crippen molar-refractivity contribution in [1.29, 1.82) is 0 Å². The molecule has 0 saturated heterocycles. The van der Waals surface area contributed by atoms with Crippen LogP contribution in [-0.2, 0) is 6.54 Å². The van der Waals surface area contributed by atoms with E-state index in [0.29, 0.717) is 37.2 Å². The van der Waals surface area contributed by atoms with Crippen LogP contribution in [0.3, 0.4) is 0 Å². The molecule has 0 radical (unpaired) electrons. The van der Waals surface area contributed by atoms with Crippen LogP contribution in [0, 0.1) is 0 Å². The second-order valence-electron chi connectivity index (χ2n) is 7.68. The van der Waals surface area contributed by atoms with Gasteiger partial charge in [0.15, 0.2) is 0 Å². The van der Waals surface area contributed by atoms with E-state index in [-0.39, 0.29) is 11.6 Å². The van der Waals surface area contributed by atoms with E-state index in [9.17, 15) is 14.7 Å². The lowest BCUT2D eigenvalue weighted by molar-refractivity contribution is 0.0685. The molecule has 34 heavy (non-hydrogen) atoms. The van der Waals surface area contributed by atoms with E-state index in [4.69, 9.17) is 23.2 Å². The van der Waals surface area contributed by atoms with E-state index in [2.05, 4.69) is 20.9 Å². The van der Waals surface area contributed by atoms with Gasteiger partial charge in [0.1, 0.15) is 15.3 Å². The van der Waals surface area contributed by atoms with E-state index < -0.39 is 5.97 Å². The number of nitrogens with zero attached hydrogens (tertiary/aromatic N) is 3. The predicted molar refractivity (Wildman–Crippen MR) is 139 cm³/mol. The standard InChI is InChI=1S/C24H18BrCl2N3O3S/c1-29(2)23(31)14-5-3-13(4-6-14)12-30-19-11-21(34-15-7-8-17(26)18(27)9-15)28-22(25)16(19)10-20(30)24(32)33/h3-11H,12H2,1-2H3,(H,32,33). The number of aromatic nitrogens is 2. The minimum Gasteiger partial charge on any atom is -0.477 e. The van der Waals surface area contributed by atoms with Crippen LogP contribution in [-0.4, -0.2) is 45.5 Å². The van der Waals surface area contributed by atoms with Crippen LogP contribution in [0.2, 0.25) is 10.0 Å². The third kappa shape index (κ3) is 5.10. The minimum atomic E-state index is -1.04. The van der Waals surface area contributed by atoms with Crippen LogP contribution in [0.15, 0.2) is 69.1 Å². The zero-order chi connectivity index (χ0) is 24.6. The molecule has 1 N–H and O–H groups in total. The smallest absolute Gasteiger partial charge is 0.352 e. The number of fused-ring (bicyclic) bond motifs is 1. The summed E-state index contributed by atoms with van der Waals surface area (Å²) < 4.78 is 2.27. The molecule has 0 aliphatic heterocycles. The summed E-state index contributed by atoms with van der Waals surface area (Å²) in [6.07, 6.45) is 0. The van der Waals surface area contributed by atoms with Crippen LogP contribution in [0.1, 0.15) is 26.4 Å². The first-order valence-corrected chi connectivity index (χ1v) is 12.4. The van der Waals surface area contributed by atoms with Crippen molar-refractivity contribution in [3.63, 3.8) is 0 Å². The fraction of sp³-hybridized carbons (Fsp3) is 0.125. The number of carboxylic acids is 1. The zero-order valence-electron chi connectivity index (χ0n) is 18.1. The summed E-state index contributed by atoms with van der Waals surface area (Å²) in [6, 6.07) is 15.9. The Morgan fingerprint density at radius 3 is 2.38 bits per heavy atom. The van der Waals surface area contributed by atoms with Gasteiger partial charge in [-0.2, -0.15) is 0 Å². The van der Waals surface area contributed by atoms with Crippen molar-refractivity contribution in [3.05, 3.63) is 86.1 Å². The van der Waals surface area contributed by atoms with Gasteiger partial charge in [-0.15, -0.1) is 0 Å². The maximum atomic E-state index is 12.2. The van der Waals surface area contributed by atoms with Gasteiger partial charge < -0.3 is 14.6 Å². The SMILES string of the molecule is CN(C)C(=O)c1ccc(Cn2c(C(=O)O)cc3c(Br)nc(Sc4ccc(Cl)c(Cl)c4)cc32)cc1. The molecule has 2 aromatic heterocycles. The number of benzene rings is 2. The number of carbonyl (C=O) groups is 2. The van der Waals surface area contributed by atoms with Gasteiger partial charge in [-0.25, -0.2) is 9.78 Å². The first kappa shape index (κ1) is 24.6. The third-order valence-electron chi connectivity index (χ3n) is 5.11. The second kappa shape index (κ2) is 10.00. The number of aromatic carboxylic acids is 1. The van der Waals surface area contributed by atoms with Crippen molar-refractivity contribution in [1.82, 2.24) is 14.5 Å². The summed E-state index contributed by atoms with van der Waals surface area (Å²) >= 11 is 17.0. The Morgan fingerprint density at radius 1 is 1.06 bits per heavy atom. The summed E-state index contributed by atoms with van der Waals surface area (Å²) in [5.74, 6) is -1.13. The highest BCUT2D eigenvalue weighted by molar-refractivity contribution is 9.10. The number of carboxylic acid groups (broad SMARTS) is 1. The number of rotatable bonds is 6. The first-order chi connectivity index (χ1) is 16.1. The maximum Gasteiger partial charge on any atom is 0.352 e.